The summed E-state index contributed by atoms with van der Waals surface area (Å²) in [6.07, 6.45) is 0. The van der Waals surface area contributed by atoms with Gasteiger partial charge in [-0.2, -0.15) is 4.68 Å². The van der Waals surface area contributed by atoms with Crippen molar-refractivity contribution in [2.75, 3.05) is 36.0 Å². The fourth-order valence-corrected chi connectivity index (χ4v) is 3.15. The smallest absolute Gasteiger partial charge is 0.250 e. The van der Waals surface area contributed by atoms with Crippen LogP contribution in [0, 0.1) is 6.92 Å². The SMILES string of the molecule is Cc1nc(Cl)cc(N2CCN(c3nnnn3-c3ccccc3)CC2)n1. The topological polar surface area (TPSA) is 75.9 Å². The van der Waals surface area contributed by atoms with Gasteiger partial charge in [0.25, 0.3) is 0 Å². The first kappa shape index (κ1) is 15.8. The van der Waals surface area contributed by atoms with Crippen LogP contribution in [0.1, 0.15) is 5.82 Å². The van der Waals surface area contributed by atoms with E-state index >= 15 is 0 Å². The van der Waals surface area contributed by atoms with Crippen molar-refractivity contribution in [3.63, 3.8) is 0 Å². The van der Waals surface area contributed by atoms with E-state index < -0.39 is 0 Å². The second-order valence-corrected chi connectivity index (χ2v) is 6.18. The van der Waals surface area contributed by atoms with Gasteiger partial charge in [-0.05, 0) is 29.5 Å². The molecule has 1 aromatic carbocycles. The minimum Gasteiger partial charge on any atom is -0.353 e. The summed E-state index contributed by atoms with van der Waals surface area (Å²) in [6, 6.07) is 11.7. The van der Waals surface area contributed by atoms with Crippen LogP contribution in [0.25, 0.3) is 5.69 Å². The van der Waals surface area contributed by atoms with E-state index in [9.17, 15) is 0 Å². The molecule has 2 aromatic heterocycles. The normalized spacial score (nSPS) is 14.8. The number of benzene rings is 1. The number of aromatic nitrogens is 6. The second-order valence-electron chi connectivity index (χ2n) is 5.80. The highest BCUT2D eigenvalue weighted by atomic mass is 35.5. The van der Waals surface area contributed by atoms with Crippen molar-refractivity contribution in [2.24, 2.45) is 0 Å². The molecule has 4 rings (SSSR count). The standard InChI is InChI=1S/C16H17ClN8/c1-12-18-14(17)11-15(19-12)23-7-9-24(10-8-23)16-20-21-22-25(16)13-5-3-2-4-6-13/h2-6,11H,7-10H2,1H3. The molecule has 0 spiro atoms. The number of para-hydroxylation sites is 1. The first-order valence-corrected chi connectivity index (χ1v) is 8.43. The van der Waals surface area contributed by atoms with Crippen molar-refractivity contribution in [1.82, 2.24) is 30.2 Å². The van der Waals surface area contributed by atoms with Gasteiger partial charge < -0.3 is 9.80 Å². The van der Waals surface area contributed by atoms with Crippen LogP contribution in [0.5, 0.6) is 0 Å². The van der Waals surface area contributed by atoms with Gasteiger partial charge in [0, 0.05) is 32.2 Å². The molecule has 1 aliphatic rings. The Bertz CT molecular complexity index is 837. The number of anilines is 2. The lowest BCUT2D eigenvalue weighted by Crippen LogP contribution is -2.47. The third-order valence-corrected chi connectivity index (χ3v) is 4.33. The summed E-state index contributed by atoms with van der Waals surface area (Å²) >= 11 is 6.05. The molecule has 0 unspecified atom stereocenters. The maximum Gasteiger partial charge on any atom is 0.250 e. The number of aryl methyl sites for hydroxylation is 1. The van der Waals surface area contributed by atoms with E-state index in [1.165, 1.54) is 0 Å². The molecule has 128 valence electrons. The van der Waals surface area contributed by atoms with Crippen LogP contribution in [0.3, 0.4) is 0 Å². The number of nitrogens with zero attached hydrogens (tertiary/aromatic N) is 8. The van der Waals surface area contributed by atoms with Crippen LogP contribution < -0.4 is 9.80 Å². The van der Waals surface area contributed by atoms with Gasteiger partial charge in [0.05, 0.1) is 5.69 Å². The summed E-state index contributed by atoms with van der Waals surface area (Å²) in [5.74, 6) is 2.29. The fourth-order valence-electron chi connectivity index (χ4n) is 2.93. The Morgan fingerprint density at radius 3 is 2.40 bits per heavy atom. The molecular formula is C16H17ClN8. The first-order chi connectivity index (χ1) is 12.2. The highest BCUT2D eigenvalue weighted by Gasteiger charge is 2.23. The quantitative estimate of drug-likeness (QED) is 0.661. The van der Waals surface area contributed by atoms with E-state index in [1.807, 2.05) is 37.3 Å². The van der Waals surface area contributed by atoms with Gasteiger partial charge in [-0.1, -0.05) is 34.9 Å². The van der Waals surface area contributed by atoms with Crippen LogP contribution >= 0.6 is 11.6 Å². The zero-order chi connectivity index (χ0) is 17.2. The van der Waals surface area contributed by atoms with Crippen molar-refractivity contribution in [1.29, 1.82) is 0 Å². The Labute approximate surface area is 150 Å². The molecule has 25 heavy (non-hydrogen) atoms. The van der Waals surface area contributed by atoms with Crippen molar-refractivity contribution in [3.05, 3.63) is 47.4 Å². The van der Waals surface area contributed by atoms with Crippen LogP contribution in [-0.4, -0.2) is 56.4 Å². The van der Waals surface area contributed by atoms with Gasteiger partial charge in [-0.15, -0.1) is 0 Å². The number of piperazine rings is 1. The first-order valence-electron chi connectivity index (χ1n) is 8.05. The number of tetrazole rings is 1. The highest BCUT2D eigenvalue weighted by molar-refractivity contribution is 6.29. The van der Waals surface area contributed by atoms with Crippen LogP contribution in [-0.2, 0) is 0 Å². The molecule has 9 heteroatoms. The fraction of sp³-hybridized carbons (Fsp3) is 0.312. The maximum absolute atomic E-state index is 6.05. The molecule has 1 saturated heterocycles. The van der Waals surface area contributed by atoms with E-state index in [0.717, 1.165) is 43.6 Å². The Kier molecular flexibility index (Phi) is 4.19. The molecule has 0 N–H and O–H groups in total. The van der Waals surface area contributed by atoms with Crippen LogP contribution in [0.4, 0.5) is 11.8 Å². The third-order valence-electron chi connectivity index (χ3n) is 4.13. The Morgan fingerprint density at radius 2 is 1.68 bits per heavy atom. The molecule has 0 saturated carbocycles. The molecule has 1 fully saturated rings. The van der Waals surface area contributed by atoms with Crippen molar-refractivity contribution < 1.29 is 0 Å². The summed E-state index contributed by atoms with van der Waals surface area (Å²) in [4.78, 5) is 13.0. The third kappa shape index (κ3) is 3.25. The van der Waals surface area contributed by atoms with E-state index in [-0.39, 0.29) is 0 Å². The average Bonchev–Trinajstić information content (AvgIpc) is 3.11. The Hall–Kier alpha value is -2.74. The van der Waals surface area contributed by atoms with Crippen LogP contribution in [0.15, 0.2) is 36.4 Å². The molecule has 1 aliphatic heterocycles. The predicted octanol–water partition coefficient (Wildman–Crippen LogP) is 1.74. The average molecular weight is 357 g/mol. The number of hydrogen-bond acceptors (Lipinski definition) is 7. The largest absolute Gasteiger partial charge is 0.353 e. The molecule has 0 aliphatic carbocycles. The number of rotatable bonds is 3. The van der Waals surface area contributed by atoms with Gasteiger partial charge >= 0.3 is 0 Å². The zero-order valence-electron chi connectivity index (χ0n) is 13.7. The van der Waals surface area contributed by atoms with Crippen molar-refractivity contribution in [2.45, 2.75) is 6.92 Å². The molecule has 0 atom stereocenters. The molecule has 0 radical (unpaired) electrons. The number of halogens is 1. The predicted molar refractivity (Wildman–Crippen MR) is 95.4 cm³/mol. The summed E-state index contributed by atoms with van der Waals surface area (Å²) in [5.41, 5.74) is 0.947. The second kappa shape index (κ2) is 6.64. The Morgan fingerprint density at radius 1 is 0.960 bits per heavy atom. The minimum absolute atomic E-state index is 0.470. The van der Waals surface area contributed by atoms with Crippen molar-refractivity contribution in [3.8, 4) is 5.69 Å². The van der Waals surface area contributed by atoms with Gasteiger partial charge in [-0.25, -0.2) is 9.97 Å². The van der Waals surface area contributed by atoms with Crippen molar-refractivity contribution >= 4 is 23.4 Å². The molecule has 3 aromatic rings. The van der Waals surface area contributed by atoms with Gasteiger partial charge in [0.2, 0.25) is 5.95 Å². The lowest BCUT2D eigenvalue weighted by molar-refractivity contribution is 0.625. The lowest BCUT2D eigenvalue weighted by atomic mass is 10.3. The summed E-state index contributed by atoms with van der Waals surface area (Å²) in [6.45, 7) is 5.07. The molecule has 0 amide bonds. The van der Waals surface area contributed by atoms with Gasteiger partial charge in [0.1, 0.15) is 16.8 Å². The number of hydrogen-bond donors (Lipinski definition) is 0. The lowest BCUT2D eigenvalue weighted by Gasteiger charge is -2.35. The van der Waals surface area contributed by atoms with E-state index in [0.29, 0.717) is 11.0 Å². The summed E-state index contributed by atoms with van der Waals surface area (Å²) < 4.78 is 1.77. The maximum atomic E-state index is 6.05. The molecule has 8 nitrogen and oxygen atoms in total. The summed E-state index contributed by atoms with van der Waals surface area (Å²) in [5, 5.41) is 12.6. The van der Waals surface area contributed by atoms with Gasteiger partial charge in [-0.3, -0.25) is 0 Å². The van der Waals surface area contributed by atoms with E-state index in [1.54, 1.807) is 10.7 Å². The van der Waals surface area contributed by atoms with E-state index in [2.05, 4.69) is 35.3 Å². The monoisotopic (exact) mass is 356 g/mol. The highest BCUT2D eigenvalue weighted by Crippen LogP contribution is 2.21. The van der Waals surface area contributed by atoms with Gasteiger partial charge in [0.15, 0.2) is 0 Å². The zero-order valence-corrected chi connectivity index (χ0v) is 14.5. The molecule has 0 bridgehead atoms. The van der Waals surface area contributed by atoms with Crippen LogP contribution in [0.2, 0.25) is 5.15 Å². The Balaban J connectivity index is 1.51. The molecular weight excluding hydrogens is 340 g/mol. The van der Waals surface area contributed by atoms with E-state index in [4.69, 9.17) is 11.6 Å². The molecule has 3 heterocycles. The minimum atomic E-state index is 0.470. The summed E-state index contributed by atoms with van der Waals surface area (Å²) in [7, 11) is 0.